The zero-order valence-electron chi connectivity index (χ0n) is 11.0. The Morgan fingerprint density at radius 1 is 1.32 bits per heavy atom. The van der Waals surface area contributed by atoms with Gasteiger partial charge in [-0.15, -0.1) is 0 Å². The molecule has 0 bridgehead atoms. The highest BCUT2D eigenvalue weighted by Gasteiger charge is 2.42. The van der Waals surface area contributed by atoms with Crippen LogP contribution in [0.2, 0.25) is 0 Å². The monoisotopic (exact) mass is 288 g/mol. The summed E-state index contributed by atoms with van der Waals surface area (Å²) in [6.07, 6.45) is 0.812. The number of halogens is 1. The molecule has 1 aliphatic rings. The zero-order valence-corrected chi connectivity index (χ0v) is 11.7. The van der Waals surface area contributed by atoms with E-state index in [0.717, 1.165) is 0 Å². The Morgan fingerprint density at radius 2 is 1.84 bits per heavy atom. The first-order valence-electron chi connectivity index (χ1n) is 6.26. The molecule has 106 valence electrons. The van der Waals surface area contributed by atoms with Gasteiger partial charge in [0.05, 0.1) is 0 Å². The number of esters is 1. The minimum atomic E-state index is -1.14. The predicted molar refractivity (Wildman–Crippen MR) is 67.6 cm³/mol. The molecule has 0 radical (unpaired) electrons. The summed E-state index contributed by atoms with van der Waals surface area (Å²) in [7, 11) is 0. The summed E-state index contributed by atoms with van der Waals surface area (Å²) < 4.78 is 4.77. The van der Waals surface area contributed by atoms with Crippen molar-refractivity contribution in [2.45, 2.75) is 45.1 Å². The van der Waals surface area contributed by atoms with E-state index in [1.807, 2.05) is 6.92 Å². The van der Waals surface area contributed by atoms with Gasteiger partial charge in [0.25, 0.3) is 0 Å². The fraction of sp³-hybridized carbons (Fsp3) is 0.692. The van der Waals surface area contributed by atoms with Crippen LogP contribution in [0.4, 0.5) is 0 Å². The van der Waals surface area contributed by atoms with Gasteiger partial charge in [-0.1, -0.05) is 18.5 Å². The standard InChI is InChI=1S/C13H17ClO5/c1-3-4-9(16)12-10(17)5-8(6-11(12)18)13(14)19-7(2)15/h8,12-13H,3-6H2,1-2H3. The second-order valence-electron chi connectivity index (χ2n) is 4.71. The van der Waals surface area contributed by atoms with Crippen LogP contribution < -0.4 is 0 Å². The lowest BCUT2D eigenvalue weighted by molar-refractivity contribution is -0.151. The Hall–Kier alpha value is -1.23. The molecule has 0 aromatic carbocycles. The first kappa shape index (κ1) is 15.8. The van der Waals surface area contributed by atoms with Crippen LogP contribution >= 0.6 is 11.6 Å². The number of carbonyl (C=O) groups excluding carboxylic acids is 4. The molecule has 0 saturated heterocycles. The van der Waals surface area contributed by atoms with Crippen molar-refractivity contribution in [3.8, 4) is 0 Å². The largest absolute Gasteiger partial charge is 0.446 e. The van der Waals surface area contributed by atoms with E-state index in [1.54, 1.807) is 0 Å². The van der Waals surface area contributed by atoms with Crippen LogP contribution in [0.25, 0.3) is 0 Å². The maximum absolute atomic E-state index is 11.9. The zero-order chi connectivity index (χ0) is 14.6. The van der Waals surface area contributed by atoms with Gasteiger partial charge in [-0.3, -0.25) is 19.2 Å². The van der Waals surface area contributed by atoms with E-state index in [-0.39, 0.29) is 25.0 Å². The van der Waals surface area contributed by atoms with Crippen LogP contribution in [-0.2, 0) is 23.9 Å². The second-order valence-corrected chi connectivity index (χ2v) is 5.14. The van der Waals surface area contributed by atoms with Gasteiger partial charge in [-0.25, -0.2) is 0 Å². The molecular weight excluding hydrogens is 272 g/mol. The van der Waals surface area contributed by atoms with Crippen LogP contribution in [-0.4, -0.2) is 28.9 Å². The van der Waals surface area contributed by atoms with Crippen LogP contribution in [0, 0.1) is 11.8 Å². The maximum atomic E-state index is 11.9. The third-order valence-electron chi connectivity index (χ3n) is 3.04. The fourth-order valence-electron chi connectivity index (χ4n) is 2.19. The lowest BCUT2D eigenvalue weighted by Crippen LogP contribution is -2.41. The third-order valence-corrected chi connectivity index (χ3v) is 3.48. The van der Waals surface area contributed by atoms with Gasteiger partial charge in [0.15, 0.2) is 22.9 Å². The summed E-state index contributed by atoms with van der Waals surface area (Å²) in [5, 5.41) is 0. The highest BCUT2D eigenvalue weighted by Crippen LogP contribution is 2.30. The number of Topliss-reactive ketones (excluding diaryl/α,β-unsaturated/α-hetero) is 3. The molecule has 0 aromatic rings. The molecule has 1 fully saturated rings. The molecule has 0 N–H and O–H groups in total. The molecule has 19 heavy (non-hydrogen) atoms. The number of ketones is 3. The van der Waals surface area contributed by atoms with E-state index in [4.69, 9.17) is 16.3 Å². The molecule has 1 unspecified atom stereocenters. The lowest BCUT2D eigenvalue weighted by Gasteiger charge is -2.28. The average Bonchev–Trinajstić information content (AvgIpc) is 2.27. The van der Waals surface area contributed by atoms with Crippen LogP contribution in [0.1, 0.15) is 39.5 Å². The van der Waals surface area contributed by atoms with E-state index in [0.29, 0.717) is 6.42 Å². The molecule has 5 nitrogen and oxygen atoms in total. The minimum Gasteiger partial charge on any atom is -0.446 e. The molecule has 0 aromatic heterocycles. The van der Waals surface area contributed by atoms with Crippen molar-refractivity contribution in [1.29, 1.82) is 0 Å². The molecule has 1 rings (SSSR count). The smallest absolute Gasteiger partial charge is 0.304 e. The van der Waals surface area contributed by atoms with Crippen LogP contribution in [0.3, 0.4) is 0 Å². The lowest BCUT2D eigenvalue weighted by atomic mass is 9.77. The number of ether oxygens (including phenoxy) is 1. The van der Waals surface area contributed by atoms with Crippen molar-refractivity contribution in [2.75, 3.05) is 0 Å². The number of hydrogen-bond donors (Lipinski definition) is 0. The highest BCUT2D eigenvalue weighted by atomic mass is 35.5. The van der Waals surface area contributed by atoms with E-state index in [1.165, 1.54) is 6.92 Å². The van der Waals surface area contributed by atoms with Gasteiger partial charge >= 0.3 is 5.97 Å². The summed E-state index contributed by atoms with van der Waals surface area (Å²) >= 11 is 5.84. The SMILES string of the molecule is CCCC(=O)C1C(=O)CC(C(Cl)OC(C)=O)CC1=O. The first-order valence-corrected chi connectivity index (χ1v) is 6.69. The molecule has 0 aliphatic heterocycles. The second kappa shape index (κ2) is 6.80. The Morgan fingerprint density at radius 3 is 2.26 bits per heavy atom. The summed E-state index contributed by atoms with van der Waals surface area (Å²) in [5.74, 6) is -3.41. The van der Waals surface area contributed by atoms with Gasteiger partial charge in [0.1, 0.15) is 5.92 Å². The average molecular weight is 289 g/mol. The van der Waals surface area contributed by atoms with Crippen molar-refractivity contribution in [3.63, 3.8) is 0 Å². The quantitative estimate of drug-likeness (QED) is 0.437. The van der Waals surface area contributed by atoms with Gasteiger partial charge < -0.3 is 4.74 Å². The number of carbonyl (C=O) groups is 4. The van der Waals surface area contributed by atoms with Crippen LogP contribution in [0.15, 0.2) is 0 Å². The van der Waals surface area contributed by atoms with E-state index in [9.17, 15) is 19.2 Å². The van der Waals surface area contributed by atoms with Gasteiger partial charge in [-0.05, 0) is 6.42 Å². The maximum Gasteiger partial charge on any atom is 0.304 e. The third kappa shape index (κ3) is 4.13. The Balaban J connectivity index is 2.71. The summed E-state index contributed by atoms with van der Waals surface area (Å²) in [4.78, 5) is 46.3. The highest BCUT2D eigenvalue weighted by molar-refractivity contribution is 6.23. The van der Waals surface area contributed by atoms with E-state index in [2.05, 4.69) is 0 Å². The van der Waals surface area contributed by atoms with E-state index < -0.39 is 34.9 Å². The Bertz CT molecular complexity index is 386. The van der Waals surface area contributed by atoms with Crippen molar-refractivity contribution >= 4 is 34.9 Å². The molecule has 1 atom stereocenters. The summed E-state index contributed by atoms with van der Waals surface area (Å²) in [5.41, 5.74) is -1.01. The minimum absolute atomic E-state index is 0.00664. The molecule has 6 heteroatoms. The summed E-state index contributed by atoms with van der Waals surface area (Å²) in [6.45, 7) is 3.02. The topological polar surface area (TPSA) is 77.5 Å². The molecule has 0 heterocycles. The fourth-order valence-corrected chi connectivity index (χ4v) is 2.50. The van der Waals surface area contributed by atoms with Crippen molar-refractivity contribution in [1.82, 2.24) is 0 Å². The number of rotatable bonds is 5. The van der Waals surface area contributed by atoms with Gasteiger partial charge in [0.2, 0.25) is 0 Å². The number of hydrogen-bond acceptors (Lipinski definition) is 5. The molecule has 1 saturated carbocycles. The van der Waals surface area contributed by atoms with Crippen molar-refractivity contribution < 1.29 is 23.9 Å². The normalized spacial score (nSPS) is 25.0. The molecule has 0 spiro atoms. The van der Waals surface area contributed by atoms with Crippen molar-refractivity contribution in [3.05, 3.63) is 0 Å². The van der Waals surface area contributed by atoms with Crippen molar-refractivity contribution in [2.24, 2.45) is 11.8 Å². The van der Waals surface area contributed by atoms with Gasteiger partial charge in [0, 0.05) is 32.1 Å². The number of alkyl halides is 1. The molecule has 1 aliphatic carbocycles. The van der Waals surface area contributed by atoms with E-state index >= 15 is 0 Å². The first-order chi connectivity index (χ1) is 8.86. The Kier molecular flexibility index (Phi) is 5.66. The van der Waals surface area contributed by atoms with Crippen LogP contribution in [0.5, 0.6) is 0 Å². The van der Waals surface area contributed by atoms with Gasteiger partial charge in [-0.2, -0.15) is 0 Å². The summed E-state index contributed by atoms with van der Waals surface area (Å²) in [6, 6.07) is 0. The predicted octanol–water partition coefficient (Wildman–Crippen LogP) is 1.65. The Labute approximate surface area is 116 Å². The molecule has 0 amide bonds. The molecular formula is C13H17ClO5.